The van der Waals surface area contributed by atoms with Crippen molar-refractivity contribution in [3.63, 3.8) is 0 Å². The molecule has 1 aliphatic rings. The summed E-state index contributed by atoms with van der Waals surface area (Å²) in [6.45, 7) is 10.1. The molecule has 0 spiro atoms. The van der Waals surface area contributed by atoms with Gasteiger partial charge in [0.15, 0.2) is 0 Å². The Morgan fingerprint density at radius 2 is 1.81 bits per heavy atom. The lowest BCUT2D eigenvalue weighted by atomic mass is 9.95. The minimum absolute atomic E-state index is 0. The Hall–Kier alpha value is -1.06. The van der Waals surface area contributed by atoms with Gasteiger partial charge in [-0.3, -0.25) is 4.79 Å². The highest BCUT2D eigenvalue weighted by Crippen LogP contribution is 2.21. The van der Waals surface area contributed by atoms with E-state index in [2.05, 4.69) is 12.2 Å². The highest BCUT2D eigenvalue weighted by atomic mass is 35.5. The first kappa shape index (κ1) is 18.0. The Balaban J connectivity index is 0.00000220. The molecule has 1 fully saturated rings. The predicted molar refractivity (Wildman–Crippen MR) is 90.3 cm³/mol. The van der Waals surface area contributed by atoms with Crippen molar-refractivity contribution in [1.82, 2.24) is 10.2 Å². The van der Waals surface area contributed by atoms with Gasteiger partial charge in [-0.25, -0.2) is 0 Å². The second-order valence-corrected chi connectivity index (χ2v) is 5.81. The van der Waals surface area contributed by atoms with Crippen LogP contribution in [0.4, 0.5) is 0 Å². The van der Waals surface area contributed by atoms with Crippen molar-refractivity contribution in [2.24, 2.45) is 5.92 Å². The van der Waals surface area contributed by atoms with Crippen LogP contribution in [0.3, 0.4) is 0 Å². The van der Waals surface area contributed by atoms with Gasteiger partial charge in [0, 0.05) is 18.7 Å². The predicted octanol–water partition coefficient (Wildman–Crippen LogP) is 3.19. The van der Waals surface area contributed by atoms with Crippen molar-refractivity contribution in [3.8, 4) is 0 Å². The quantitative estimate of drug-likeness (QED) is 0.926. The van der Waals surface area contributed by atoms with Crippen LogP contribution in [0.2, 0.25) is 0 Å². The molecule has 0 bridgehead atoms. The maximum atomic E-state index is 12.7. The van der Waals surface area contributed by atoms with Gasteiger partial charge < -0.3 is 10.2 Å². The number of aryl methyl sites for hydroxylation is 2. The van der Waals surface area contributed by atoms with Gasteiger partial charge in [0.05, 0.1) is 0 Å². The largest absolute Gasteiger partial charge is 0.339 e. The molecule has 0 aliphatic carbocycles. The van der Waals surface area contributed by atoms with Crippen LogP contribution in [-0.4, -0.2) is 37.0 Å². The second-order valence-electron chi connectivity index (χ2n) is 5.81. The van der Waals surface area contributed by atoms with E-state index in [0.29, 0.717) is 0 Å². The van der Waals surface area contributed by atoms with Crippen molar-refractivity contribution in [1.29, 1.82) is 0 Å². The minimum Gasteiger partial charge on any atom is -0.339 e. The molecule has 1 heterocycles. The summed E-state index contributed by atoms with van der Waals surface area (Å²) in [6, 6.07) is 6.07. The zero-order valence-corrected chi connectivity index (χ0v) is 14.1. The van der Waals surface area contributed by atoms with Gasteiger partial charge in [-0.1, -0.05) is 25.1 Å². The third-order valence-corrected chi connectivity index (χ3v) is 4.28. The van der Waals surface area contributed by atoms with Crippen LogP contribution in [0.15, 0.2) is 18.2 Å². The van der Waals surface area contributed by atoms with Crippen LogP contribution >= 0.6 is 12.4 Å². The van der Waals surface area contributed by atoms with Crippen LogP contribution in [-0.2, 0) is 0 Å². The van der Waals surface area contributed by atoms with Crippen molar-refractivity contribution in [2.45, 2.75) is 33.6 Å². The standard InChI is InChI=1S/C17H26N2O.ClH/c1-4-18-12-15-8-10-19(11-9-15)17(20)16-13(2)6-5-7-14(16)3;/h5-7,15,18H,4,8-12H2,1-3H3;1H. The second kappa shape index (κ2) is 8.40. The molecule has 1 aliphatic heterocycles. The number of halogens is 1. The van der Waals surface area contributed by atoms with Crippen molar-refractivity contribution in [3.05, 3.63) is 34.9 Å². The van der Waals surface area contributed by atoms with Gasteiger partial charge in [0.1, 0.15) is 0 Å². The summed E-state index contributed by atoms with van der Waals surface area (Å²) in [4.78, 5) is 14.7. The van der Waals surface area contributed by atoms with E-state index in [1.165, 1.54) is 0 Å². The van der Waals surface area contributed by atoms with E-state index in [0.717, 1.165) is 61.6 Å². The van der Waals surface area contributed by atoms with Crippen LogP contribution in [0, 0.1) is 19.8 Å². The Kier molecular flexibility index (Phi) is 7.20. The molecule has 1 N–H and O–H groups in total. The fraction of sp³-hybridized carbons (Fsp3) is 0.588. The van der Waals surface area contributed by atoms with Crippen LogP contribution in [0.1, 0.15) is 41.3 Å². The van der Waals surface area contributed by atoms with E-state index in [-0.39, 0.29) is 18.3 Å². The first-order valence-electron chi connectivity index (χ1n) is 7.69. The lowest BCUT2D eigenvalue weighted by Gasteiger charge is -2.32. The van der Waals surface area contributed by atoms with E-state index in [1.54, 1.807) is 0 Å². The number of hydrogen-bond donors (Lipinski definition) is 1. The molecule has 0 saturated carbocycles. The van der Waals surface area contributed by atoms with Crippen LogP contribution in [0.5, 0.6) is 0 Å². The molecule has 4 heteroatoms. The lowest BCUT2D eigenvalue weighted by Crippen LogP contribution is -2.41. The number of nitrogens with one attached hydrogen (secondary N) is 1. The molecule has 1 amide bonds. The van der Waals surface area contributed by atoms with Crippen LogP contribution in [0.25, 0.3) is 0 Å². The summed E-state index contributed by atoms with van der Waals surface area (Å²) < 4.78 is 0. The summed E-state index contributed by atoms with van der Waals surface area (Å²) in [5.74, 6) is 0.930. The summed E-state index contributed by atoms with van der Waals surface area (Å²) in [7, 11) is 0. The Morgan fingerprint density at radius 1 is 1.24 bits per heavy atom. The Labute approximate surface area is 134 Å². The normalized spacial score (nSPS) is 15.7. The number of hydrogen-bond acceptors (Lipinski definition) is 2. The number of rotatable bonds is 4. The highest BCUT2D eigenvalue weighted by Gasteiger charge is 2.24. The van der Waals surface area contributed by atoms with Crippen LogP contribution < -0.4 is 5.32 Å². The summed E-state index contributed by atoms with van der Waals surface area (Å²) in [5.41, 5.74) is 3.08. The summed E-state index contributed by atoms with van der Waals surface area (Å²) in [6.07, 6.45) is 2.23. The Morgan fingerprint density at radius 3 is 2.33 bits per heavy atom. The number of carbonyl (C=O) groups is 1. The smallest absolute Gasteiger partial charge is 0.254 e. The highest BCUT2D eigenvalue weighted by molar-refractivity contribution is 5.97. The van der Waals surface area contributed by atoms with Gasteiger partial charge in [-0.05, 0) is 56.8 Å². The molecule has 0 atom stereocenters. The fourth-order valence-corrected chi connectivity index (χ4v) is 3.00. The lowest BCUT2D eigenvalue weighted by molar-refractivity contribution is 0.0689. The molecule has 1 aromatic carbocycles. The molecule has 0 radical (unpaired) electrons. The number of piperidine rings is 1. The third-order valence-electron chi connectivity index (χ3n) is 4.28. The minimum atomic E-state index is 0. The van der Waals surface area contributed by atoms with E-state index >= 15 is 0 Å². The summed E-state index contributed by atoms with van der Waals surface area (Å²) in [5, 5.41) is 3.41. The monoisotopic (exact) mass is 310 g/mol. The molecule has 118 valence electrons. The fourth-order valence-electron chi connectivity index (χ4n) is 3.00. The molecule has 3 nitrogen and oxygen atoms in total. The summed E-state index contributed by atoms with van der Waals surface area (Å²) >= 11 is 0. The van der Waals surface area contributed by atoms with Gasteiger partial charge in [-0.15, -0.1) is 12.4 Å². The number of amides is 1. The zero-order valence-electron chi connectivity index (χ0n) is 13.3. The van der Waals surface area contributed by atoms with Gasteiger partial charge in [-0.2, -0.15) is 0 Å². The molecule has 2 rings (SSSR count). The van der Waals surface area contributed by atoms with E-state index < -0.39 is 0 Å². The topological polar surface area (TPSA) is 32.3 Å². The first-order valence-corrected chi connectivity index (χ1v) is 7.69. The van der Waals surface area contributed by atoms with E-state index in [9.17, 15) is 4.79 Å². The maximum Gasteiger partial charge on any atom is 0.254 e. The third kappa shape index (κ3) is 4.45. The van der Waals surface area contributed by atoms with Crippen molar-refractivity contribution >= 4 is 18.3 Å². The average Bonchev–Trinajstić information content (AvgIpc) is 2.45. The zero-order chi connectivity index (χ0) is 14.5. The Bertz CT molecular complexity index is 448. The van der Waals surface area contributed by atoms with Gasteiger partial charge in [0.2, 0.25) is 0 Å². The number of benzene rings is 1. The molecular formula is C17H27ClN2O. The number of nitrogens with zero attached hydrogens (tertiary/aromatic N) is 1. The van der Waals surface area contributed by atoms with E-state index in [4.69, 9.17) is 0 Å². The number of likely N-dealkylation sites (tertiary alicyclic amines) is 1. The van der Waals surface area contributed by atoms with Gasteiger partial charge >= 0.3 is 0 Å². The first-order chi connectivity index (χ1) is 9.63. The van der Waals surface area contributed by atoms with Crippen molar-refractivity contribution in [2.75, 3.05) is 26.2 Å². The van der Waals surface area contributed by atoms with Crippen molar-refractivity contribution < 1.29 is 4.79 Å². The molecule has 1 saturated heterocycles. The average molecular weight is 311 g/mol. The maximum absolute atomic E-state index is 12.7. The number of carbonyl (C=O) groups excluding carboxylic acids is 1. The van der Waals surface area contributed by atoms with E-state index in [1.807, 2.05) is 36.9 Å². The molecule has 1 aromatic rings. The van der Waals surface area contributed by atoms with Gasteiger partial charge in [0.25, 0.3) is 5.91 Å². The molecular weight excluding hydrogens is 284 g/mol. The SMILES string of the molecule is CCNCC1CCN(C(=O)c2c(C)cccc2C)CC1.Cl. The molecule has 21 heavy (non-hydrogen) atoms. The molecule has 0 aromatic heterocycles. The molecule has 0 unspecified atom stereocenters.